The Morgan fingerprint density at radius 2 is 1.73 bits per heavy atom. The fraction of sp³-hybridized carbons (Fsp3) is 0.120. The molecule has 0 aliphatic rings. The SMILES string of the molecule is CCOc1ccccc1NC(=S)N/N=C/c1ccc(C(N)=NC=Nc2ccc(OC(F)(F)F)cc2)cc1. The lowest BCUT2D eigenvalue weighted by molar-refractivity contribution is -0.274. The van der Waals surface area contributed by atoms with E-state index in [1.807, 2.05) is 31.2 Å². The molecule has 4 N–H and O–H groups in total. The Kier molecular flexibility index (Phi) is 9.55. The predicted octanol–water partition coefficient (Wildman–Crippen LogP) is 5.37. The van der Waals surface area contributed by atoms with Crippen molar-refractivity contribution in [1.82, 2.24) is 5.43 Å². The Bertz CT molecular complexity index is 1280. The van der Waals surface area contributed by atoms with E-state index in [0.29, 0.717) is 28.7 Å². The fourth-order valence-electron chi connectivity index (χ4n) is 2.87. The van der Waals surface area contributed by atoms with Crippen molar-refractivity contribution >= 4 is 47.1 Å². The van der Waals surface area contributed by atoms with E-state index in [4.69, 9.17) is 22.7 Å². The number of anilines is 1. The van der Waals surface area contributed by atoms with Gasteiger partial charge in [0.1, 0.15) is 23.7 Å². The molecule has 0 radical (unpaired) electrons. The third-order valence-electron chi connectivity index (χ3n) is 4.50. The maximum atomic E-state index is 12.2. The molecule has 0 atom stereocenters. The van der Waals surface area contributed by atoms with Crippen molar-refractivity contribution < 1.29 is 22.6 Å². The van der Waals surface area contributed by atoms with Crippen molar-refractivity contribution in [2.75, 3.05) is 11.9 Å². The Balaban J connectivity index is 1.52. The normalized spacial score (nSPS) is 12.1. The highest BCUT2D eigenvalue weighted by Gasteiger charge is 2.30. The quantitative estimate of drug-likeness (QED) is 0.149. The van der Waals surface area contributed by atoms with Gasteiger partial charge in [0, 0.05) is 5.56 Å². The first-order chi connectivity index (χ1) is 17.7. The van der Waals surface area contributed by atoms with Gasteiger partial charge in [0.2, 0.25) is 0 Å². The van der Waals surface area contributed by atoms with Gasteiger partial charge >= 0.3 is 6.36 Å². The number of aliphatic imine (C=N–C) groups is 2. The van der Waals surface area contributed by atoms with Crippen LogP contribution in [0.5, 0.6) is 11.5 Å². The molecule has 0 aliphatic heterocycles. The highest BCUT2D eigenvalue weighted by molar-refractivity contribution is 7.80. The topological polar surface area (TPSA) is 106 Å². The highest BCUT2D eigenvalue weighted by atomic mass is 32.1. The molecule has 3 rings (SSSR count). The number of rotatable bonds is 9. The average molecular weight is 529 g/mol. The second-order valence-corrected chi connectivity index (χ2v) is 7.58. The number of nitrogens with one attached hydrogen (secondary N) is 2. The first-order valence-corrected chi connectivity index (χ1v) is 11.3. The molecule has 0 bridgehead atoms. The third-order valence-corrected chi connectivity index (χ3v) is 4.69. The summed E-state index contributed by atoms with van der Waals surface area (Å²) in [4.78, 5) is 8.10. The van der Waals surface area contributed by atoms with Crippen LogP contribution in [0, 0.1) is 0 Å². The van der Waals surface area contributed by atoms with Crippen LogP contribution in [0.3, 0.4) is 0 Å². The molecule has 0 spiro atoms. The maximum absolute atomic E-state index is 12.2. The number of amidine groups is 1. The summed E-state index contributed by atoms with van der Waals surface area (Å²) in [7, 11) is 0. The van der Waals surface area contributed by atoms with E-state index in [1.165, 1.54) is 18.5 Å². The molecular formula is C25H23F3N6O2S. The largest absolute Gasteiger partial charge is 0.573 e. The Hall–Kier alpha value is -4.45. The maximum Gasteiger partial charge on any atom is 0.573 e. The molecule has 0 aromatic heterocycles. The third kappa shape index (κ3) is 9.26. The van der Waals surface area contributed by atoms with Crippen LogP contribution in [-0.2, 0) is 0 Å². The molecule has 0 saturated heterocycles. The van der Waals surface area contributed by atoms with Gasteiger partial charge in [0.05, 0.1) is 24.2 Å². The lowest BCUT2D eigenvalue weighted by Crippen LogP contribution is -2.24. The van der Waals surface area contributed by atoms with Gasteiger partial charge in [-0.15, -0.1) is 13.2 Å². The monoisotopic (exact) mass is 528 g/mol. The fourth-order valence-corrected chi connectivity index (χ4v) is 3.04. The number of halogens is 3. The molecule has 3 aromatic rings. The first kappa shape index (κ1) is 27.1. The van der Waals surface area contributed by atoms with Crippen molar-refractivity contribution in [1.29, 1.82) is 0 Å². The Morgan fingerprint density at radius 3 is 2.41 bits per heavy atom. The number of para-hydroxylation sites is 2. The van der Waals surface area contributed by atoms with Crippen molar-refractivity contribution in [2.24, 2.45) is 20.8 Å². The summed E-state index contributed by atoms with van der Waals surface area (Å²) < 4.78 is 46.0. The number of hydrogen-bond donors (Lipinski definition) is 3. The van der Waals surface area contributed by atoms with Crippen molar-refractivity contribution in [2.45, 2.75) is 13.3 Å². The second kappa shape index (κ2) is 13.0. The molecule has 192 valence electrons. The van der Waals surface area contributed by atoms with Crippen molar-refractivity contribution in [3.8, 4) is 11.5 Å². The van der Waals surface area contributed by atoms with E-state index in [9.17, 15) is 13.2 Å². The van der Waals surface area contributed by atoms with Crippen molar-refractivity contribution in [3.05, 3.63) is 83.9 Å². The summed E-state index contributed by atoms with van der Waals surface area (Å²) in [6.45, 7) is 2.44. The number of benzene rings is 3. The van der Waals surface area contributed by atoms with Crippen LogP contribution < -0.4 is 25.9 Å². The molecule has 0 saturated carbocycles. The number of hydrogen-bond acceptors (Lipinski definition) is 5. The van der Waals surface area contributed by atoms with Gasteiger partial charge in [-0.3, -0.25) is 5.43 Å². The molecule has 0 aliphatic carbocycles. The first-order valence-electron chi connectivity index (χ1n) is 10.9. The number of nitrogens with zero attached hydrogens (tertiary/aromatic N) is 3. The molecule has 8 nitrogen and oxygen atoms in total. The number of nitrogens with two attached hydrogens (primary N) is 1. The van der Waals surface area contributed by atoms with Crippen LogP contribution in [0.25, 0.3) is 0 Å². The Morgan fingerprint density at radius 1 is 1.03 bits per heavy atom. The number of thiocarbonyl (C=S) groups is 1. The van der Waals surface area contributed by atoms with E-state index in [1.54, 1.807) is 30.5 Å². The van der Waals surface area contributed by atoms with Gasteiger partial charge in [0.25, 0.3) is 0 Å². The average Bonchev–Trinajstić information content (AvgIpc) is 2.86. The molecule has 0 heterocycles. The smallest absolute Gasteiger partial charge is 0.492 e. The van der Waals surface area contributed by atoms with Gasteiger partial charge in [0.15, 0.2) is 5.11 Å². The van der Waals surface area contributed by atoms with Crippen LogP contribution in [0.2, 0.25) is 0 Å². The standard InChI is InChI=1S/C25H23F3N6O2S/c1-2-35-22-6-4-3-5-21(22)33-24(37)34-32-15-17-7-9-18(10-8-17)23(29)31-16-30-19-11-13-20(14-12-19)36-25(26,27)28/h3-16H,2H2,1H3,(H2,29,30,31)(H2,33,34,37)/b32-15+. The zero-order valence-electron chi connectivity index (χ0n) is 19.6. The van der Waals surface area contributed by atoms with Gasteiger partial charge in [-0.2, -0.15) is 5.10 Å². The summed E-state index contributed by atoms with van der Waals surface area (Å²) in [5.41, 5.74) is 11.3. The van der Waals surface area contributed by atoms with Gasteiger partial charge in [-0.05, 0) is 61.1 Å². The van der Waals surface area contributed by atoms with Gasteiger partial charge < -0.3 is 20.5 Å². The lowest BCUT2D eigenvalue weighted by Gasteiger charge is -2.12. The molecule has 37 heavy (non-hydrogen) atoms. The second-order valence-electron chi connectivity index (χ2n) is 7.18. The Labute approximate surface area is 216 Å². The van der Waals surface area contributed by atoms with Crippen LogP contribution in [0.15, 0.2) is 87.9 Å². The van der Waals surface area contributed by atoms with E-state index >= 15 is 0 Å². The van der Waals surface area contributed by atoms with Gasteiger partial charge in [-0.25, -0.2) is 9.98 Å². The van der Waals surface area contributed by atoms with Crippen LogP contribution in [-0.4, -0.2) is 36.5 Å². The molecule has 3 aromatic carbocycles. The molecule has 0 unspecified atom stereocenters. The molecule has 0 fully saturated rings. The number of ether oxygens (including phenoxy) is 2. The minimum absolute atomic E-state index is 0.209. The van der Waals surface area contributed by atoms with E-state index in [-0.39, 0.29) is 11.6 Å². The summed E-state index contributed by atoms with van der Waals surface area (Å²) in [6.07, 6.45) is -1.94. The zero-order valence-corrected chi connectivity index (χ0v) is 20.4. The van der Waals surface area contributed by atoms with Gasteiger partial charge in [-0.1, -0.05) is 36.4 Å². The predicted molar refractivity (Wildman–Crippen MR) is 143 cm³/mol. The summed E-state index contributed by atoms with van der Waals surface area (Å²) >= 11 is 5.27. The highest BCUT2D eigenvalue weighted by Crippen LogP contribution is 2.25. The van der Waals surface area contributed by atoms with E-state index in [0.717, 1.165) is 23.4 Å². The van der Waals surface area contributed by atoms with Crippen LogP contribution in [0.1, 0.15) is 18.1 Å². The summed E-state index contributed by atoms with van der Waals surface area (Å²) in [6, 6.07) is 19.6. The zero-order chi connectivity index (χ0) is 26.7. The lowest BCUT2D eigenvalue weighted by atomic mass is 10.1. The van der Waals surface area contributed by atoms with Crippen molar-refractivity contribution in [3.63, 3.8) is 0 Å². The summed E-state index contributed by atoms with van der Waals surface area (Å²) in [5, 5.41) is 7.46. The summed E-state index contributed by atoms with van der Waals surface area (Å²) in [5.74, 6) is 0.561. The van der Waals surface area contributed by atoms with Crippen LogP contribution >= 0.6 is 12.2 Å². The number of hydrazone groups is 1. The molecule has 12 heteroatoms. The molecule has 0 amide bonds. The van der Waals surface area contributed by atoms with E-state index < -0.39 is 6.36 Å². The molecular weight excluding hydrogens is 505 g/mol. The van der Waals surface area contributed by atoms with Crippen LogP contribution in [0.4, 0.5) is 24.5 Å². The van der Waals surface area contributed by atoms with E-state index in [2.05, 4.69) is 30.6 Å². The number of alkyl halides is 3. The minimum Gasteiger partial charge on any atom is -0.492 e. The minimum atomic E-state index is -4.75.